The smallest absolute Gasteiger partial charge is 0.126 e. The van der Waals surface area contributed by atoms with Gasteiger partial charge < -0.3 is 10.5 Å². The molecular formula is C9H14N2O. The second kappa shape index (κ2) is 4.07. The summed E-state index contributed by atoms with van der Waals surface area (Å²) in [5, 5.41) is 0. The number of nitrogens with two attached hydrogens (primary N) is 1. The van der Waals surface area contributed by atoms with Gasteiger partial charge in [-0.15, -0.1) is 0 Å². The van der Waals surface area contributed by atoms with E-state index in [4.69, 9.17) is 10.5 Å². The maximum absolute atomic E-state index is 5.85. The Kier molecular flexibility index (Phi) is 3.05. The van der Waals surface area contributed by atoms with Crippen LogP contribution in [0, 0.1) is 0 Å². The first-order valence-electron chi connectivity index (χ1n) is 4.03. The van der Waals surface area contributed by atoms with Crippen LogP contribution in [0.1, 0.15) is 24.9 Å². The fourth-order valence-electron chi connectivity index (χ4n) is 1.08. The number of nitrogens with zero attached hydrogens (tertiary/aromatic N) is 1. The van der Waals surface area contributed by atoms with E-state index in [1.807, 2.05) is 13.0 Å². The summed E-state index contributed by atoms with van der Waals surface area (Å²) in [7, 11) is 1.64. The summed E-state index contributed by atoms with van der Waals surface area (Å²) in [4.78, 5) is 4.00. The van der Waals surface area contributed by atoms with E-state index >= 15 is 0 Å². The highest BCUT2D eigenvalue weighted by Gasteiger charge is 2.08. The fraction of sp³-hybridized carbons (Fsp3) is 0.444. The SMILES string of the molecule is CC[C@H](N)c1cnccc1OC. The average Bonchev–Trinajstić information content (AvgIpc) is 2.16. The van der Waals surface area contributed by atoms with Gasteiger partial charge in [0.1, 0.15) is 5.75 Å². The van der Waals surface area contributed by atoms with Gasteiger partial charge in [0.15, 0.2) is 0 Å². The second-order valence-electron chi connectivity index (χ2n) is 2.63. The monoisotopic (exact) mass is 166 g/mol. The van der Waals surface area contributed by atoms with Gasteiger partial charge in [0, 0.05) is 24.0 Å². The molecule has 0 unspecified atom stereocenters. The molecule has 0 radical (unpaired) electrons. The van der Waals surface area contributed by atoms with Gasteiger partial charge in [-0.05, 0) is 12.5 Å². The van der Waals surface area contributed by atoms with Crippen LogP contribution in [0.3, 0.4) is 0 Å². The summed E-state index contributed by atoms with van der Waals surface area (Å²) in [5.41, 5.74) is 6.83. The molecule has 3 nitrogen and oxygen atoms in total. The van der Waals surface area contributed by atoms with E-state index in [0.29, 0.717) is 0 Å². The maximum atomic E-state index is 5.85. The number of rotatable bonds is 3. The first-order chi connectivity index (χ1) is 5.79. The van der Waals surface area contributed by atoms with E-state index in [-0.39, 0.29) is 6.04 Å². The van der Waals surface area contributed by atoms with Crippen LogP contribution in [0.5, 0.6) is 5.75 Å². The normalized spacial score (nSPS) is 12.6. The van der Waals surface area contributed by atoms with Crippen molar-refractivity contribution in [2.24, 2.45) is 5.73 Å². The quantitative estimate of drug-likeness (QED) is 0.740. The van der Waals surface area contributed by atoms with Crippen LogP contribution in [0.4, 0.5) is 0 Å². The molecule has 0 aliphatic rings. The van der Waals surface area contributed by atoms with Gasteiger partial charge in [-0.2, -0.15) is 0 Å². The number of hydrogen-bond acceptors (Lipinski definition) is 3. The van der Waals surface area contributed by atoms with Crippen LogP contribution in [0.2, 0.25) is 0 Å². The minimum atomic E-state index is 0.0219. The Morgan fingerprint density at radius 1 is 1.67 bits per heavy atom. The number of ether oxygens (including phenoxy) is 1. The summed E-state index contributed by atoms with van der Waals surface area (Å²) >= 11 is 0. The molecule has 0 saturated heterocycles. The molecule has 0 aromatic carbocycles. The molecule has 1 aromatic rings. The van der Waals surface area contributed by atoms with Gasteiger partial charge in [0.05, 0.1) is 7.11 Å². The Hall–Kier alpha value is -1.09. The summed E-state index contributed by atoms with van der Waals surface area (Å²) in [5.74, 6) is 0.819. The minimum absolute atomic E-state index is 0.0219. The summed E-state index contributed by atoms with van der Waals surface area (Å²) < 4.78 is 5.15. The molecule has 3 heteroatoms. The maximum Gasteiger partial charge on any atom is 0.126 e. The molecule has 66 valence electrons. The lowest BCUT2D eigenvalue weighted by Crippen LogP contribution is -2.10. The number of pyridine rings is 1. The van der Waals surface area contributed by atoms with E-state index in [1.54, 1.807) is 19.5 Å². The Labute approximate surface area is 72.6 Å². The third-order valence-corrected chi connectivity index (χ3v) is 1.87. The number of methoxy groups -OCH3 is 1. The van der Waals surface area contributed by atoms with E-state index in [0.717, 1.165) is 17.7 Å². The predicted molar refractivity (Wildman–Crippen MR) is 48.0 cm³/mol. The van der Waals surface area contributed by atoms with E-state index in [9.17, 15) is 0 Å². The van der Waals surface area contributed by atoms with Crippen molar-refractivity contribution in [1.82, 2.24) is 4.98 Å². The largest absolute Gasteiger partial charge is 0.496 e. The van der Waals surface area contributed by atoms with Gasteiger partial charge >= 0.3 is 0 Å². The van der Waals surface area contributed by atoms with Crippen molar-refractivity contribution >= 4 is 0 Å². The molecular weight excluding hydrogens is 152 g/mol. The highest BCUT2D eigenvalue weighted by atomic mass is 16.5. The number of aromatic nitrogens is 1. The van der Waals surface area contributed by atoms with E-state index < -0.39 is 0 Å². The van der Waals surface area contributed by atoms with Crippen LogP contribution < -0.4 is 10.5 Å². The first kappa shape index (κ1) is 9.00. The lowest BCUT2D eigenvalue weighted by molar-refractivity contribution is 0.404. The molecule has 1 aromatic heterocycles. The van der Waals surface area contributed by atoms with Crippen LogP contribution in [0.15, 0.2) is 18.5 Å². The van der Waals surface area contributed by atoms with Gasteiger partial charge in [-0.1, -0.05) is 6.92 Å². The Bertz CT molecular complexity index is 250. The summed E-state index contributed by atoms with van der Waals surface area (Å²) in [6, 6.07) is 1.85. The molecule has 0 aliphatic carbocycles. The zero-order valence-electron chi connectivity index (χ0n) is 7.45. The van der Waals surface area contributed by atoms with Gasteiger partial charge in [0.25, 0.3) is 0 Å². The summed E-state index contributed by atoms with van der Waals surface area (Å²) in [6.07, 6.45) is 4.35. The molecule has 1 rings (SSSR count). The Balaban J connectivity index is 2.96. The second-order valence-corrected chi connectivity index (χ2v) is 2.63. The molecule has 2 N–H and O–H groups in total. The highest BCUT2D eigenvalue weighted by Crippen LogP contribution is 2.23. The van der Waals surface area contributed by atoms with Crippen molar-refractivity contribution in [3.63, 3.8) is 0 Å². The molecule has 1 heterocycles. The van der Waals surface area contributed by atoms with E-state index in [2.05, 4.69) is 4.98 Å². The molecule has 0 amide bonds. The molecule has 0 saturated carbocycles. The van der Waals surface area contributed by atoms with Crippen molar-refractivity contribution in [2.45, 2.75) is 19.4 Å². The predicted octanol–water partition coefficient (Wildman–Crippen LogP) is 1.50. The summed E-state index contributed by atoms with van der Waals surface area (Å²) in [6.45, 7) is 2.04. The van der Waals surface area contributed by atoms with Crippen molar-refractivity contribution in [3.8, 4) is 5.75 Å². The van der Waals surface area contributed by atoms with Crippen LogP contribution >= 0.6 is 0 Å². The molecule has 12 heavy (non-hydrogen) atoms. The third-order valence-electron chi connectivity index (χ3n) is 1.87. The van der Waals surface area contributed by atoms with Crippen molar-refractivity contribution < 1.29 is 4.74 Å². The molecule has 0 fully saturated rings. The number of hydrogen-bond donors (Lipinski definition) is 1. The van der Waals surface area contributed by atoms with Crippen molar-refractivity contribution in [1.29, 1.82) is 0 Å². The van der Waals surface area contributed by atoms with Crippen molar-refractivity contribution in [3.05, 3.63) is 24.0 Å². The Morgan fingerprint density at radius 2 is 2.42 bits per heavy atom. The van der Waals surface area contributed by atoms with Crippen LogP contribution in [-0.2, 0) is 0 Å². The molecule has 1 atom stereocenters. The average molecular weight is 166 g/mol. The standard InChI is InChI=1S/C9H14N2O/c1-3-8(10)7-6-11-5-4-9(7)12-2/h4-6,8H,3,10H2,1-2H3/t8-/m0/s1. The lowest BCUT2D eigenvalue weighted by Gasteiger charge is -2.12. The van der Waals surface area contributed by atoms with Crippen LogP contribution in [0.25, 0.3) is 0 Å². The van der Waals surface area contributed by atoms with Gasteiger partial charge in [0.2, 0.25) is 0 Å². The highest BCUT2D eigenvalue weighted by molar-refractivity contribution is 5.32. The third kappa shape index (κ3) is 1.74. The Morgan fingerprint density at radius 3 is 3.00 bits per heavy atom. The minimum Gasteiger partial charge on any atom is -0.496 e. The van der Waals surface area contributed by atoms with Crippen LogP contribution in [-0.4, -0.2) is 12.1 Å². The molecule has 0 spiro atoms. The molecule has 0 bridgehead atoms. The van der Waals surface area contributed by atoms with Crippen molar-refractivity contribution in [2.75, 3.05) is 7.11 Å². The first-order valence-corrected chi connectivity index (χ1v) is 4.03. The molecule has 0 aliphatic heterocycles. The zero-order valence-corrected chi connectivity index (χ0v) is 7.45. The fourth-order valence-corrected chi connectivity index (χ4v) is 1.08. The zero-order chi connectivity index (χ0) is 8.97. The van der Waals surface area contributed by atoms with Gasteiger partial charge in [-0.25, -0.2) is 0 Å². The topological polar surface area (TPSA) is 48.1 Å². The lowest BCUT2D eigenvalue weighted by atomic mass is 10.1. The van der Waals surface area contributed by atoms with Gasteiger partial charge in [-0.3, -0.25) is 4.98 Å². The van der Waals surface area contributed by atoms with E-state index in [1.165, 1.54) is 0 Å².